The Morgan fingerprint density at radius 1 is 1.32 bits per heavy atom. The van der Waals surface area contributed by atoms with Crippen LogP contribution in [0, 0.1) is 0 Å². The summed E-state index contributed by atoms with van der Waals surface area (Å²) in [4.78, 5) is 39.6. The molecule has 0 bridgehead atoms. The first-order valence-corrected chi connectivity index (χ1v) is 7.87. The standard InChI is InChI=1S/C17H13F3N2O6/c1-8(7-27-16(26)17(18,19)20)11(15(24)25)22-13(23)10-14(22)28-12(21-10)9-5-3-2-4-6-9/h2-6,10-11,14H,1,7H2,(H,24,25)/t10?,11-,14?/m1/s1. The van der Waals surface area contributed by atoms with Gasteiger partial charge in [-0.2, -0.15) is 13.2 Å². The number of hydrogen-bond donors (Lipinski definition) is 1. The third-order valence-corrected chi connectivity index (χ3v) is 4.08. The molecule has 1 aromatic rings. The Morgan fingerprint density at radius 3 is 2.54 bits per heavy atom. The summed E-state index contributed by atoms with van der Waals surface area (Å²) in [6.45, 7) is 2.32. The topological polar surface area (TPSA) is 106 Å². The van der Waals surface area contributed by atoms with Crippen molar-refractivity contribution in [2.24, 2.45) is 4.99 Å². The van der Waals surface area contributed by atoms with Gasteiger partial charge in [-0.3, -0.25) is 9.69 Å². The summed E-state index contributed by atoms with van der Waals surface area (Å²) in [5.41, 5.74) is 0.156. The molecule has 28 heavy (non-hydrogen) atoms. The molecular weight excluding hydrogens is 385 g/mol. The Labute approximate surface area is 155 Å². The minimum Gasteiger partial charge on any atom is -0.479 e. The van der Waals surface area contributed by atoms with E-state index in [0.717, 1.165) is 4.90 Å². The first-order chi connectivity index (χ1) is 13.1. The van der Waals surface area contributed by atoms with Gasteiger partial charge in [0.1, 0.15) is 6.61 Å². The highest BCUT2D eigenvalue weighted by atomic mass is 19.4. The van der Waals surface area contributed by atoms with Crippen molar-refractivity contribution in [3.8, 4) is 0 Å². The summed E-state index contributed by atoms with van der Waals surface area (Å²) in [6.07, 6.45) is -6.28. The molecule has 0 radical (unpaired) electrons. The Balaban J connectivity index is 1.71. The number of carbonyl (C=O) groups is 3. The fourth-order valence-electron chi connectivity index (χ4n) is 2.79. The number of amides is 1. The van der Waals surface area contributed by atoms with Crippen LogP contribution in [0.25, 0.3) is 0 Å². The number of aliphatic carboxylic acids is 1. The number of fused-ring (bicyclic) bond motifs is 1. The van der Waals surface area contributed by atoms with Crippen molar-refractivity contribution in [1.29, 1.82) is 0 Å². The first-order valence-electron chi connectivity index (χ1n) is 7.87. The van der Waals surface area contributed by atoms with E-state index >= 15 is 0 Å². The van der Waals surface area contributed by atoms with Crippen LogP contribution in [-0.2, 0) is 23.9 Å². The van der Waals surface area contributed by atoms with Gasteiger partial charge in [-0.05, 0) is 17.7 Å². The number of β-lactam (4-membered cyclic amide) rings is 1. The van der Waals surface area contributed by atoms with E-state index in [1.54, 1.807) is 30.3 Å². The summed E-state index contributed by atoms with van der Waals surface area (Å²) in [5, 5.41) is 9.41. The fourth-order valence-corrected chi connectivity index (χ4v) is 2.79. The lowest BCUT2D eigenvalue weighted by molar-refractivity contribution is -0.199. The van der Waals surface area contributed by atoms with Crippen molar-refractivity contribution < 1.29 is 42.1 Å². The number of ether oxygens (including phenoxy) is 2. The van der Waals surface area contributed by atoms with Crippen LogP contribution in [0.4, 0.5) is 13.2 Å². The number of carboxylic acids is 1. The number of benzene rings is 1. The van der Waals surface area contributed by atoms with Crippen molar-refractivity contribution in [2.75, 3.05) is 6.61 Å². The van der Waals surface area contributed by atoms with Crippen molar-refractivity contribution in [3.63, 3.8) is 0 Å². The molecule has 2 aliphatic heterocycles. The SMILES string of the molecule is C=C(COC(=O)C(F)(F)F)[C@H](C(=O)O)N1C(=O)C2N=C(c3ccccc3)OC21. The number of halogens is 3. The zero-order valence-corrected chi connectivity index (χ0v) is 14.0. The minimum atomic E-state index is -5.23. The second kappa shape index (κ2) is 6.98. The first kappa shape index (κ1) is 19.4. The maximum atomic E-state index is 12.3. The van der Waals surface area contributed by atoms with Crippen LogP contribution >= 0.6 is 0 Å². The molecule has 0 aliphatic carbocycles. The number of alkyl halides is 3. The van der Waals surface area contributed by atoms with Crippen LogP contribution in [0.15, 0.2) is 47.5 Å². The van der Waals surface area contributed by atoms with Gasteiger partial charge in [0.2, 0.25) is 12.1 Å². The van der Waals surface area contributed by atoms with Gasteiger partial charge in [0.05, 0.1) is 0 Å². The molecule has 2 heterocycles. The van der Waals surface area contributed by atoms with Crippen molar-refractivity contribution in [1.82, 2.24) is 4.90 Å². The zero-order valence-electron chi connectivity index (χ0n) is 14.0. The molecule has 1 N–H and O–H groups in total. The molecule has 148 valence electrons. The van der Waals surface area contributed by atoms with Gasteiger partial charge in [0.25, 0.3) is 5.91 Å². The number of nitrogens with zero attached hydrogens (tertiary/aromatic N) is 2. The van der Waals surface area contributed by atoms with Gasteiger partial charge in [-0.15, -0.1) is 0 Å². The van der Waals surface area contributed by atoms with Crippen LogP contribution in [-0.4, -0.2) is 64.8 Å². The van der Waals surface area contributed by atoms with Gasteiger partial charge in [-0.1, -0.05) is 24.8 Å². The molecule has 0 saturated carbocycles. The molecule has 2 aliphatic rings. The van der Waals surface area contributed by atoms with Crippen molar-refractivity contribution >= 4 is 23.7 Å². The number of carboxylic acid groups (broad SMARTS) is 1. The second-order valence-electron chi connectivity index (χ2n) is 5.97. The van der Waals surface area contributed by atoms with E-state index in [1.807, 2.05) is 0 Å². The summed E-state index contributed by atoms with van der Waals surface area (Å²) in [5.74, 6) is -4.59. The third kappa shape index (κ3) is 3.42. The maximum Gasteiger partial charge on any atom is 0.490 e. The molecule has 3 rings (SSSR count). The van der Waals surface area contributed by atoms with Gasteiger partial charge >= 0.3 is 18.1 Å². The predicted molar refractivity (Wildman–Crippen MR) is 86.1 cm³/mol. The smallest absolute Gasteiger partial charge is 0.479 e. The highest BCUT2D eigenvalue weighted by molar-refractivity contribution is 6.03. The molecule has 0 spiro atoms. The van der Waals surface area contributed by atoms with E-state index in [-0.39, 0.29) is 5.90 Å². The van der Waals surface area contributed by atoms with Crippen molar-refractivity contribution in [3.05, 3.63) is 48.0 Å². The van der Waals surface area contributed by atoms with Crippen LogP contribution in [0.2, 0.25) is 0 Å². The maximum absolute atomic E-state index is 12.3. The van der Waals surface area contributed by atoms with Crippen LogP contribution < -0.4 is 0 Å². The number of hydrogen-bond acceptors (Lipinski definition) is 6. The average Bonchev–Trinajstić information content (AvgIpc) is 3.03. The Morgan fingerprint density at radius 2 is 1.96 bits per heavy atom. The number of esters is 1. The molecule has 1 aromatic carbocycles. The average molecular weight is 398 g/mol. The summed E-state index contributed by atoms with van der Waals surface area (Å²) < 4.78 is 46.2. The number of aliphatic imine (C=N–C) groups is 1. The number of carbonyl (C=O) groups excluding carboxylic acids is 2. The summed E-state index contributed by atoms with van der Waals surface area (Å²) in [6, 6.07) is 5.88. The lowest BCUT2D eigenvalue weighted by Gasteiger charge is -2.43. The van der Waals surface area contributed by atoms with Gasteiger partial charge in [0.15, 0.2) is 12.1 Å². The number of likely N-dealkylation sites (tertiary alicyclic amines) is 1. The molecule has 1 amide bonds. The highest BCUT2D eigenvalue weighted by Crippen LogP contribution is 2.35. The van der Waals surface area contributed by atoms with E-state index in [1.165, 1.54) is 0 Å². The van der Waals surface area contributed by atoms with E-state index in [0.29, 0.717) is 5.56 Å². The van der Waals surface area contributed by atoms with E-state index in [2.05, 4.69) is 16.3 Å². The quantitative estimate of drug-likeness (QED) is 0.437. The molecular formula is C17H13F3N2O6. The van der Waals surface area contributed by atoms with E-state index < -0.39 is 54.5 Å². The summed E-state index contributed by atoms with van der Waals surface area (Å²) >= 11 is 0. The fraction of sp³-hybridized carbons (Fsp3) is 0.294. The largest absolute Gasteiger partial charge is 0.490 e. The van der Waals surface area contributed by atoms with E-state index in [4.69, 9.17) is 4.74 Å². The summed E-state index contributed by atoms with van der Waals surface area (Å²) in [7, 11) is 0. The van der Waals surface area contributed by atoms with Crippen molar-refractivity contribution in [2.45, 2.75) is 24.5 Å². The van der Waals surface area contributed by atoms with Crippen LogP contribution in [0.1, 0.15) is 5.56 Å². The second-order valence-corrected chi connectivity index (χ2v) is 5.97. The Bertz CT molecular complexity index is 867. The number of rotatable bonds is 6. The lowest BCUT2D eigenvalue weighted by Crippen LogP contribution is -2.68. The van der Waals surface area contributed by atoms with Gasteiger partial charge in [0, 0.05) is 5.56 Å². The van der Waals surface area contributed by atoms with Gasteiger partial charge in [-0.25, -0.2) is 14.6 Å². The third-order valence-electron chi connectivity index (χ3n) is 4.08. The zero-order chi connectivity index (χ0) is 20.6. The molecule has 8 nitrogen and oxygen atoms in total. The molecule has 2 unspecified atom stereocenters. The molecule has 1 saturated heterocycles. The van der Waals surface area contributed by atoms with Crippen LogP contribution in [0.3, 0.4) is 0 Å². The predicted octanol–water partition coefficient (Wildman–Crippen LogP) is 1.12. The van der Waals surface area contributed by atoms with Crippen LogP contribution in [0.5, 0.6) is 0 Å². The van der Waals surface area contributed by atoms with E-state index in [9.17, 15) is 32.7 Å². The Hall–Kier alpha value is -3.37. The van der Waals surface area contributed by atoms with Gasteiger partial charge < -0.3 is 14.6 Å². The Kier molecular flexibility index (Phi) is 4.84. The molecule has 11 heteroatoms. The normalized spacial score (nSPS) is 21.8. The minimum absolute atomic E-state index is 0.143. The monoisotopic (exact) mass is 398 g/mol. The lowest BCUT2D eigenvalue weighted by atomic mass is 9.98. The highest BCUT2D eigenvalue weighted by Gasteiger charge is 2.58. The molecule has 1 fully saturated rings. The molecule has 3 atom stereocenters. The molecule has 0 aromatic heterocycles.